The molecule has 0 aliphatic carbocycles. The molecule has 5 nitrogen and oxygen atoms in total. The maximum absolute atomic E-state index is 15.2. The Morgan fingerprint density at radius 2 is 1.62 bits per heavy atom. The molecule has 1 N–H and O–H groups in total. The van der Waals surface area contributed by atoms with Gasteiger partial charge in [-0.3, -0.25) is 0 Å². The molecule has 0 atom stereocenters. The predicted molar refractivity (Wildman–Crippen MR) is 125 cm³/mol. The van der Waals surface area contributed by atoms with Gasteiger partial charge in [-0.25, -0.2) is 13.5 Å². The average Bonchev–Trinajstić information content (AvgIpc) is 3.12. The molecule has 0 spiro atoms. The van der Waals surface area contributed by atoms with Crippen molar-refractivity contribution in [3.05, 3.63) is 59.9 Å². The van der Waals surface area contributed by atoms with E-state index in [0.717, 1.165) is 0 Å². The van der Waals surface area contributed by atoms with Crippen LogP contribution in [0.2, 0.25) is 10.2 Å². The van der Waals surface area contributed by atoms with Gasteiger partial charge in [0.1, 0.15) is 20.0 Å². The highest BCUT2D eigenvalue weighted by atomic mass is 19.1. The number of anilines is 2. The van der Waals surface area contributed by atoms with Crippen LogP contribution in [0.25, 0.3) is 5.69 Å². The van der Waals surface area contributed by atoms with Gasteiger partial charge in [-0.15, -0.1) is 15.3 Å². The number of ether oxygens (including phenoxy) is 1. The third kappa shape index (κ3) is 4.79. The molecular formula is C18H11B7F2N4O. The van der Waals surface area contributed by atoms with Crippen LogP contribution in [0.5, 0.6) is 5.75 Å². The van der Waals surface area contributed by atoms with Gasteiger partial charge in [0.05, 0.1) is 58.5 Å². The summed E-state index contributed by atoms with van der Waals surface area (Å²) in [5.74, 6) is -1.80. The average molecular weight is 413 g/mol. The summed E-state index contributed by atoms with van der Waals surface area (Å²) in [4.78, 5) is 4.04. The molecule has 32 heavy (non-hydrogen) atoms. The summed E-state index contributed by atoms with van der Waals surface area (Å²) < 4.78 is 35.4. The zero-order valence-corrected chi connectivity index (χ0v) is 17.1. The van der Waals surface area contributed by atoms with Crippen molar-refractivity contribution in [1.29, 1.82) is 0 Å². The summed E-state index contributed by atoms with van der Waals surface area (Å²) >= 11 is 0. The summed E-state index contributed by atoms with van der Waals surface area (Å²) in [5, 5.41) is 2.15. The van der Waals surface area contributed by atoms with Crippen molar-refractivity contribution in [1.82, 2.24) is 14.8 Å². The Balaban J connectivity index is 1.94. The largest absolute Gasteiger partial charge is 0.498 e. The molecule has 144 valence electrons. The first-order chi connectivity index (χ1) is 14.7. The Morgan fingerprint density at radius 3 is 2.22 bits per heavy atom. The predicted octanol–water partition coefficient (Wildman–Crippen LogP) is 1.000. The van der Waals surface area contributed by atoms with Crippen molar-refractivity contribution in [2.24, 2.45) is 0 Å². The Bertz CT molecular complexity index is 1120. The highest BCUT2D eigenvalue weighted by molar-refractivity contribution is 6.69. The fourth-order valence-corrected chi connectivity index (χ4v) is 2.81. The smallest absolute Gasteiger partial charge is 0.247 e. The Morgan fingerprint density at radius 1 is 0.969 bits per heavy atom. The lowest BCUT2D eigenvalue weighted by atomic mass is 9.19. The van der Waals surface area contributed by atoms with Gasteiger partial charge in [-0.2, -0.15) is 4.98 Å². The van der Waals surface area contributed by atoms with Gasteiger partial charge in [0.15, 0.2) is 11.6 Å². The number of aryl methyl sites for hydroxylation is 1. The number of halogens is 2. The van der Waals surface area contributed by atoms with Crippen molar-refractivity contribution in [3.63, 3.8) is 0 Å². The van der Waals surface area contributed by atoms with Gasteiger partial charge < -0.3 is 10.1 Å². The second-order valence-corrected chi connectivity index (χ2v) is 7.45. The first-order valence-electron chi connectivity index (χ1n) is 9.17. The second kappa shape index (κ2) is 8.45. The molecule has 1 aromatic heterocycles. The lowest BCUT2D eigenvalue weighted by Crippen LogP contribution is -2.59. The SMILES string of the molecule is [B]C([B])([B])C([B])(Oc1cc(C)cc(Nc2ncn(-c3cccc(F)c3)n2)c1F)C([B])([B])[B]. The monoisotopic (exact) mass is 414 g/mol. The number of hydrogen-bond acceptors (Lipinski definition) is 4. The fourth-order valence-electron chi connectivity index (χ4n) is 2.81. The van der Waals surface area contributed by atoms with Gasteiger partial charge in [0, 0.05) is 5.50 Å². The van der Waals surface area contributed by atoms with Crippen LogP contribution in [-0.2, 0) is 0 Å². The summed E-state index contributed by atoms with van der Waals surface area (Å²) in [6, 6.07) is 8.43. The summed E-state index contributed by atoms with van der Waals surface area (Å²) in [7, 11) is 39.8. The molecule has 14 radical (unpaired) electrons. The number of aromatic nitrogens is 3. The van der Waals surface area contributed by atoms with Gasteiger partial charge in [-0.05, 0) is 42.8 Å². The van der Waals surface area contributed by atoms with Crippen LogP contribution in [0.3, 0.4) is 0 Å². The van der Waals surface area contributed by atoms with Crippen LogP contribution in [0.4, 0.5) is 20.4 Å². The van der Waals surface area contributed by atoms with Gasteiger partial charge in [0.25, 0.3) is 0 Å². The number of benzene rings is 2. The van der Waals surface area contributed by atoms with Crippen LogP contribution < -0.4 is 10.1 Å². The Kier molecular flexibility index (Phi) is 6.37. The van der Waals surface area contributed by atoms with E-state index >= 15 is 4.39 Å². The molecule has 3 aromatic rings. The number of hydrogen-bond donors (Lipinski definition) is 1. The third-order valence-electron chi connectivity index (χ3n) is 4.55. The summed E-state index contributed by atoms with van der Waals surface area (Å²) in [6.45, 7) is 1.65. The Labute approximate surface area is 194 Å². The maximum atomic E-state index is 15.2. The van der Waals surface area contributed by atoms with E-state index in [-0.39, 0.29) is 11.6 Å². The first kappa shape index (κ1) is 24.1. The quantitative estimate of drug-likeness (QED) is 0.588. The molecule has 0 bridgehead atoms. The van der Waals surface area contributed by atoms with E-state index in [2.05, 4.69) is 15.4 Å². The van der Waals surface area contributed by atoms with E-state index in [4.69, 9.17) is 59.7 Å². The van der Waals surface area contributed by atoms with E-state index in [1.807, 2.05) is 0 Å². The highest BCUT2D eigenvalue weighted by Crippen LogP contribution is 2.45. The lowest BCUT2D eigenvalue weighted by Gasteiger charge is -2.54. The lowest BCUT2D eigenvalue weighted by molar-refractivity contribution is 0.151. The van der Waals surface area contributed by atoms with Crippen molar-refractivity contribution >= 4 is 66.6 Å². The maximum Gasteiger partial charge on any atom is 0.247 e. The summed E-state index contributed by atoms with van der Waals surface area (Å²) in [6.07, 6.45) is 1.32. The van der Waals surface area contributed by atoms with Crippen LogP contribution in [0, 0.1) is 18.6 Å². The molecule has 0 saturated carbocycles. The van der Waals surface area contributed by atoms with Gasteiger partial charge in [0.2, 0.25) is 5.95 Å². The van der Waals surface area contributed by atoms with Crippen LogP contribution in [-0.4, -0.2) is 75.2 Å². The van der Waals surface area contributed by atoms with E-state index in [1.54, 1.807) is 13.0 Å². The molecule has 2 aromatic carbocycles. The van der Waals surface area contributed by atoms with E-state index in [0.29, 0.717) is 11.3 Å². The molecule has 0 unspecified atom stereocenters. The Hall–Kier alpha value is -2.51. The standard InChI is InChI=1S/C18H11B7F2N4O/c1-9-5-12(29-15-28-8-31(30-15)11-4-2-3-10(26)7-11)14(27)13(6-9)32-16(19,17(20,21)22)18(23,24)25/h2-8H,1H3,(H,29,30). The van der Waals surface area contributed by atoms with E-state index < -0.39 is 33.1 Å². The van der Waals surface area contributed by atoms with Crippen molar-refractivity contribution in [3.8, 4) is 11.4 Å². The third-order valence-corrected chi connectivity index (χ3v) is 4.55. The van der Waals surface area contributed by atoms with Gasteiger partial charge >= 0.3 is 0 Å². The van der Waals surface area contributed by atoms with E-state index in [1.165, 1.54) is 41.3 Å². The molecule has 1 heterocycles. The van der Waals surface area contributed by atoms with Gasteiger partial charge in [-0.1, -0.05) is 6.07 Å². The molecule has 0 aliphatic heterocycles. The zero-order chi connectivity index (χ0) is 23.9. The van der Waals surface area contributed by atoms with Crippen molar-refractivity contribution in [2.45, 2.75) is 22.7 Å². The molecular weight excluding hydrogens is 402 g/mol. The molecule has 3 rings (SSSR count). The second-order valence-electron chi connectivity index (χ2n) is 7.45. The van der Waals surface area contributed by atoms with Crippen LogP contribution in [0.1, 0.15) is 5.56 Å². The normalized spacial score (nSPS) is 12.5. The summed E-state index contributed by atoms with van der Waals surface area (Å²) in [5.41, 5.74) is -1.62. The highest BCUT2D eigenvalue weighted by Gasteiger charge is 2.46. The minimum atomic E-state index is -2.48. The van der Waals surface area contributed by atoms with Crippen LogP contribution >= 0.6 is 0 Å². The fraction of sp³-hybridized carbons (Fsp3) is 0.222. The zero-order valence-electron chi connectivity index (χ0n) is 17.1. The topological polar surface area (TPSA) is 52.0 Å². The number of rotatable bonds is 7. The first-order valence-corrected chi connectivity index (χ1v) is 9.17. The number of nitrogens with zero attached hydrogens (tertiary/aromatic N) is 3. The molecule has 0 saturated heterocycles. The minimum absolute atomic E-state index is 0.0142. The van der Waals surface area contributed by atoms with Crippen molar-refractivity contribution < 1.29 is 13.5 Å². The molecule has 0 aliphatic rings. The minimum Gasteiger partial charge on any atom is -0.498 e. The van der Waals surface area contributed by atoms with Crippen molar-refractivity contribution in [2.75, 3.05) is 5.32 Å². The number of nitrogens with one attached hydrogen (secondary N) is 1. The van der Waals surface area contributed by atoms with E-state index in [9.17, 15) is 4.39 Å². The molecule has 0 fully saturated rings. The molecule has 0 amide bonds. The molecule has 14 heteroatoms. The van der Waals surface area contributed by atoms with Crippen LogP contribution in [0.15, 0.2) is 42.7 Å².